The zero-order valence-corrected chi connectivity index (χ0v) is 11.7. The maximum absolute atomic E-state index is 12.6. The van der Waals surface area contributed by atoms with Crippen molar-refractivity contribution >= 4 is 5.91 Å². The molecule has 1 aromatic heterocycles. The molecule has 0 N–H and O–H groups in total. The van der Waals surface area contributed by atoms with Gasteiger partial charge in [-0.05, 0) is 38.8 Å². The van der Waals surface area contributed by atoms with Crippen molar-refractivity contribution in [3.05, 3.63) is 47.1 Å². The SMILES string of the molecule is Cc1cccc(C(=O)N2CCCC2c2nc(C)no2)c1. The second-order valence-electron chi connectivity index (χ2n) is 5.21. The van der Waals surface area contributed by atoms with Crippen molar-refractivity contribution in [2.75, 3.05) is 6.54 Å². The van der Waals surface area contributed by atoms with E-state index in [-0.39, 0.29) is 11.9 Å². The Kier molecular flexibility index (Phi) is 3.26. The Bertz CT molecular complexity index is 636. The fraction of sp³-hybridized carbons (Fsp3) is 0.400. The van der Waals surface area contributed by atoms with Crippen molar-refractivity contribution in [1.82, 2.24) is 15.0 Å². The topological polar surface area (TPSA) is 59.2 Å². The summed E-state index contributed by atoms with van der Waals surface area (Å²) in [5.74, 6) is 1.18. The van der Waals surface area contributed by atoms with Gasteiger partial charge in [-0.15, -0.1) is 0 Å². The van der Waals surface area contributed by atoms with Gasteiger partial charge in [0.2, 0.25) is 5.89 Å². The maximum Gasteiger partial charge on any atom is 0.254 e. The highest BCUT2D eigenvalue weighted by Crippen LogP contribution is 2.32. The molecule has 1 unspecified atom stereocenters. The largest absolute Gasteiger partial charge is 0.337 e. The number of rotatable bonds is 2. The molecule has 1 aliphatic heterocycles. The maximum atomic E-state index is 12.6. The van der Waals surface area contributed by atoms with Crippen LogP contribution in [-0.4, -0.2) is 27.5 Å². The zero-order chi connectivity index (χ0) is 14.1. The van der Waals surface area contributed by atoms with Crippen molar-refractivity contribution < 1.29 is 9.32 Å². The number of nitrogens with zero attached hydrogens (tertiary/aromatic N) is 3. The zero-order valence-electron chi connectivity index (χ0n) is 11.7. The third-order valence-electron chi connectivity index (χ3n) is 3.61. The summed E-state index contributed by atoms with van der Waals surface area (Å²) in [6.45, 7) is 4.51. The molecule has 0 spiro atoms. The molecule has 1 aromatic carbocycles. The molecule has 0 radical (unpaired) electrons. The van der Waals surface area contributed by atoms with E-state index in [0.29, 0.717) is 17.3 Å². The van der Waals surface area contributed by atoms with Gasteiger partial charge in [-0.25, -0.2) is 0 Å². The fourth-order valence-electron chi connectivity index (χ4n) is 2.66. The molecule has 0 aliphatic carbocycles. The van der Waals surface area contributed by atoms with Crippen LogP contribution >= 0.6 is 0 Å². The van der Waals surface area contributed by atoms with Crippen molar-refractivity contribution in [3.63, 3.8) is 0 Å². The minimum atomic E-state index is -0.0933. The summed E-state index contributed by atoms with van der Waals surface area (Å²) < 4.78 is 5.23. The van der Waals surface area contributed by atoms with Crippen LogP contribution in [0.4, 0.5) is 0 Å². The normalized spacial score (nSPS) is 18.5. The van der Waals surface area contributed by atoms with Crippen molar-refractivity contribution in [1.29, 1.82) is 0 Å². The molecule has 5 nitrogen and oxygen atoms in total. The number of carbonyl (C=O) groups excluding carboxylic acids is 1. The Morgan fingerprint density at radius 2 is 2.25 bits per heavy atom. The van der Waals surface area contributed by atoms with E-state index in [4.69, 9.17) is 4.52 Å². The van der Waals surface area contributed by atoms with E-state index in [1.807, 2.05) is 36.1 Å². The summed E-state index contributed by atoms with van der Waals surface area (Å²) in [5.41, 5.74) is 1.80. The van der Waals surface area contributed by atoms with Gasteiger partial charge in [-0.3, -0.25) is 4.79 Å². The number of carbonyl (C=O) groups is 1. The average molecular weight is 271 g/mol. The van der Waals surface area contributed by atoms with Gasteiger partial charge >= 0.3 is 0 Å². The van der Waals surface area contributed by atoms with Crippen molar-refractivity contribution in [2.45, 2.75) is 32.7 Å². The number of aryl methyl sites for hydroxylation is 2. The van der Waals surface area contributed by atoms with Crippen molar-refractivity contribution in [3.8, 4) is 0 Å². The number of likely N-dealkylation sites (tertiary alicyclic amines) is 1. The molecular weight excluding hydrogens is 254 g/mol. The summed E-state index contributed by atoms with van der Waals surface area (Å²) in [7, 11) is 0. The molecule has 0 saturated carbocycles. The predicted octanol–water partition coefficient (Wildman–Crippen LogP) is 2.66. The summed E-state index contributed by atoms with van der Waals surface area (Å²) in [6, 6.07) is 7.56. The lowest BCUT2D eigenvalue weighted by molar-refractivity contribution is 0.0710. The smallest absolute Gasteiger partial charge is 0.254 e. The van der Waals surface area contributed by atoms with Crippen LogP contribution < -0.4 is 0 Å². The molecular formula is C15H17N3O2. The number of hydrogen-bond donors (Lipinski definition) is 0. The monoisotopic (exact) mass is 271 g/mol. The average Bonchev–Trinajstić information content (AvgIpc) is 3.06. The van der Waals surface area contributed by atoms with E-state index >= 15 is 0 Å². The van der Waals surface area contributed by atoms with Gasteiger partial charge in [0.25, 0.3) is 5.91 Å². The molecule has 3 rings (SSSR count). The first-order chi connectivity index (χ1) is 9.65. The van der Waals surface area contributed by atoms with Gasteiger partial charge in [-0.1, -0.05) is 22.9 Å². The minimum Gasteiger partial charge on any atom is -0.337 e. The highest BCUT2D eigenvalue weighted by atomic mass is 16.5. The second kappa shape index (κ2) is 5.07. The summed E-state index contributed by atoms with van der Waals surface area (Å²) in [4.78, 5) is 18.7. The predicted molar refractivity (Wildman–Crippen MR) is 73.2 cm³/mol. The van der Waals surface area contributed by atoms with E-state index in [1.54, 1.807) is 6.92 Å². The van der Waals surface area contributed by atoms with E-state index in [2.05, 4.69) is 10.1 Å². The van der Waals surface area contributed by atoms with E-state index in [0.717, 1.165) is 24.9 Å². The van der Waals surface area contributed by atoms with Crippen LogP contribution in [0.1, 0.15) is 46.5 Å². The van der Waals surface area contributed by atoms with Crippen LogP contribution in [0.25, 0.3) is 0 Å². The molecule has 5 heteroatoms. The third kappa shape index (κ3) is 2.31. The molecule has 2 aromatic rings. The fourth-order valence-corrected chi connectivity index (χ4v) is 2.66. The van der Waals surface area contributed by atoms with E-state index in [1.165, 1.54) is 0 Å². The van der Waals surface area contributed by atoms with Crippen LogP contribution in [0, 0.1) is 13.8 Å². The molecule has 1 amide bonds. The standard InChI is InChI=1S/C15H17N3O2/c1-10-5-3-6-12(9-10)15(19)18-8-4-7-13(18)14-16-11(2)17-20-14/h3,5-6,9,13H,4,7-8H2,1-2H3. The van der Waals surface area contributed by atoms with Gasteiger partial charge in [0.05, 0.1) is 0 Å². The Hall–Kier alpha value is -2.17. The van der Waals surface area contributed by atoms with Gasteiger partial charge in [0.1, 0.15) is 6.04 Å². The molecule has 0 bridgehead atoms. The van der Waals surface area contributed by atoms with Crippen LogP contribution in [0.2, 0.25) is 0 Å². The highest BCUT2D eigenvalue weighted by molar-refractivity contribution is 5.94. The molecule has 1 fully saturated rings. The van der Waals surface area contributed by atoms with Gasteiger partial charge in [0.15, 0.2) is 5.82 Å². The van der Waals surface area contributed by atoms with Crippen LogP contribution in [0.15, 0.2) is 28.8 Å². The molecule has 1 atom stereocenters. The molecule has 20 heavy (non-hydrogen) atoms. The first-order valence-electron chi connectivity index (χ1n) is 6.83. The number of amides is 1. The highest BCUT2D eigenvalue weighted by Gasteiger charge is 2.34. The second-order valence-corrected chi connectivity index (χ2v) is 5.21. The molecule has 2 heterocycles. The van der Waals surface area contributed by atoms with Crippen LogP contribution in [-0.2, 0) is 0 Å². The molecule has 1 aliphatic rings. The van der Waals surface area contributed by atoms with Crippen molar-refractivity contribution in [2.24, 2.45) is 0 Å². The first kappa shape index (κ1) is 12.8. The van der Waals surface area contributed by atoms with E-state index < -0.39 is 0 Å². The van der Waals surface area contributed by atoms with Gasteiger partial charge < -0.3 is 9.42 Å². The number of aromatic nitrogens is 2. The summed E-state index contributed by atoms with van der Waals surface area (Å²) >= 11 is 0. The number of benzene rings is 1. The summed E-state index contributed by atoms with van der Waals surface area (Å²) in [6.07, 6.45) is 1.84. The first-order valence-corrected chi connectivity index (χ1v) is 6.83. The minimum absolute atomic E-state index is 0.0343. The Labute approximate surface area is 117 Å². The van der Waals surface area contributed by atoms with Gasteiger partial charge in [0, 0.05) is 12.1 Å². The quantitative estimate of drug-likeness (QED) is 0.842. The summed E-state index contributed by atoms with van der Waals surface area (Å²) in [5, 5.41) is 3.82. The lowest BCUT2D eigenvalue weighted by Gasteiger charge is -2.22. The lowest BCUT2D eigenvalue weighted by atomic mass is 10.1. The molecule has 104 valence electrons. The molecule has 1 saturated heterocycles. The Balaban J connectivity index is 1.87. The third-order valence-corrected chi connectivity index (χ3v) is 3.61. The number of hydrogen-bond acceptors (Lipinski definition) is 4. The Morgan fingerprint density at radius 3 is 2.95 bits per heavy atom. The van der Waals surface area contributed by atoms with E-state index in [9.17, 15) is 4.79 Å². The Morgan fingerprint density at radius 1 is 1.40 bits per heavy atom. The van der Waals surface area contributed by atoms with Crippen LogP contribution in [0.3, 0.4) is 0 Å². The lowest BCUT2D eigenvalue weighted by Crippen LogP contribution is -2.30. The van der Waals surface area contributed by atoms with Crippen LogP contribution in [0.5, 0.6) is 0 Å². The van der Waals surface area contributed by atoms with Gasteiger partial charge in [-0.2, -0.15) is 4.98 Å².